The highest BCUT2D eigenvalue weighted by Gasteiger charge is 2.21. The molecule has 1 aliphatic rings. The van der Waals surface area contributed by atoms with Crippen LogP contribution < -0.4 is 10.6 Å². The van der Waals surface area contributed by atoms with E-state index < -0.39 is 0 Å². The van der Waals surface area contributed by atoms with Gasteiger partial charge in [-0.3, -0.25) is 4.90 Å². The Kier molecular flexibility index (Phi) is 8.09. The number of hydrogen-bond acceptors (Lipinski definition) is 4. The molecule has 2 rings (SSSR count). The average molecular weight is 365 g/mol. The topological polar surface area (TPSA) is 39.8 Å². The Hall–Kier alpha value is -1.21. The molecule has 0 aromatic heterocycles. The van der Waals surface area contributed by atoms with Gasteiger partial charge in [-0.1, -0.05) is 24.3 Å². The monoisotopic (exact) mass is 364 g/mol. The van der Waals surface area contributed by atoms with E-state index in [0.717, 1.165) is 39.3 Å². The van der Waals surface area contributed by atoms with Crippen LogP contribution in [0.4, 0.5) is 0 Å². The Morgan fingerprint density at radius 2 is 1.72 bits per heavy atom. The van der Waals surface area contributed by atoms with Crippen LogP contribution in [0.25, 0.3) is 0 Å². The van der Waals surface area contributed by atoms with E-state index in [0.29, 0.717) is 17.3 Å². The summed E-state index contributed by atoms with van der Waals surface area (Å²) in [7, 11) is 4.11. The van der Waals surface area contributed by atoms with E-state index in [1.165, 1.54) is 11.1 Å². The second kappa shape index (κ2) is 10.1. The van der Waals surface area contributed by atoms with Crippen LogP contribution in [0, 0.1) is 0 Å². The van der Waals surface area contributed by atoms with E-state index >= 15 is 0 Å². The zero-order valence-corrected chi connectivity index (χ0v) is 16.7. The van der Waals surface area contributed by atoms with Gasteiger partial charge in [-0.25, -0.2) is 0 Å². The average Bonchev–Trinajstić information content (AvgIpc) is 2.53. The molecule has 0 amide bonds. The molecule has 0 aliphatic carbocycles. The number of rotatable bonds is 7. The van der Waals surface area contributed by atoms with Crippen molar-refractivity contribution >= 4 is 17.3 Å². The number of thiocarbonyl (C=S) groups is 1. The molecule has 1 aliphatic heterocycles. The molecule has 1 aromatic rings. The van der Waals surface area contributed by atoms with Crippen molar-refractivity contribution in [2.24, 2.45) is 0 Å². The van der Waals surface area contributed by atoms with E-state index in [-0.39, 0.29) is 0 Å². The highest BCUT2D eigenvalue weighted by Crippen LogP contribution is 2.14. The van der Waals surface area contributed by atoms with Crippen LogP contribution in [-0.2, 0) is 17.8 Å². The van der Waals surface area contributed by atoms with E-state index in [1.807, 2.05) is 0 Å². The Balaban J connectivity index is 1.73. The van der Waals surface area contributed by atoms with Crippen molar-refractivity contribution in [3.05, 3.63) is 35.4 Å². The molecule has 1 aromatic carbocycles. The van der Waals surface area contributed by atoms with Gasteiger partial charge in [0.25, 0.3) is 0 Å². The van der Waals surface area contributed by atoms with Crippen LogP contribution in [0.1, 0.15) is 25.0 Å². The maximum Gasteiger partial charge on any atom is 0.166 e. The summed E-state index contributed by atoms with van der Waals surface area (Å²) in [5.41, 5.74) is 2.58. The predicted molar refractivity (Wildman–Crippen MR) is 108 cm³/mol. The van der Waals surface area contributed by atoms with Gasteiger partial charge in [-0.2, -0.15) is 0 Å². The summed E-state index contributed by atoms with van der Waals surface area (Å²) in [5.74, 6) is 0. The molecule has 0 bridgehead atoms. The summed E-state index contributed by atoms with van der Waals surface area (Å²) >= 11 is 5.30. The van der Waals surface area contributed by atoms with Gasteiger partial charge in [0.2, 0.25) is 0 Å². The van der Waals surface area contributed by atoms with E-state index in [1.54, 1.807) is 0 Å². The van der Waals surface area contributed by atoms with Gasteiger partial charge in [-0.05, 0) is 51.3 Å². The number of nitrogens with zero attached hydrogens (tertiary/aromatic N) is 2. The van der Waals surface area contributed by atoms with Gasteiger partial charge < -0.3 is 20.3 Å². The Morgan fingerprint density at radius 3 is 2.32 bits per heavy atom. The number of likely N-dealkylation sites (N-methyl/N-ethyl adjacent to an activating group) is 1. The van der Waals surface area contributed by atoms with Gasteiger partial charge in [0, 0.05) is 39.3 Å². The molecule has 1 heterocycles. The van der Waals surface area contributed by atoms with Crippen molar-refractivity contribution in [2.45, 2.75) is 39.1 Å². The molecule has 1 saturated heterocycles. The third-order valence-electron chi connectivity index (χ3n) is 4.22. The minimum atomic E-state index is 0.313. The van der Waals surface area contributed by atoms with Crippen molar-refractivity contribution in [1.29, 1.82) is 0 Å². The first kappa shape index (κ1) is 20.1. The first-order valence-corrected chi connectivity index (χ1v) is 9.45. The summed E-state index contributed by atoms with van der Waals surface area (Å²) in [6.45, 7) is 9.85. The quantitative estimate of drug-likeness (QED) is 0.719. The molecule has 1 fully saturated rings. The maximum absolute atomic E-state index is 5.80. The molecule has 2 atom stereocenters. The van der Waals surface area contributed by atoms with Crippen molar-refractivity contribution in [1.82, 2.24) is 20.4 Å². The van der Waals surface area contributed by atoms with Crippen LogP contribution in [0.5, 0.6) is 0 Å². The molecule has 5 nitrogen and oxygen atoms in total. The summed E-state index contributed by atoms with van der Waals surface area (Å²) in [4.78, 5) is 4.60. The smallest absolute Gasteiger partial charge is 0.166 e. The zero-order valence-electron chi connectivity index (χ0n) is 15.9. The minimum Gasteiger partial charge on any atom is -0.373 e. The van der Waals surface area contributed by atoms with E-state index in [9.17, 15) is 0 Å². The van der Waals surface area contributed by atoms with Crippen molar-refractivity contribution in [2.75, 3.05) is 40.3 Å². The van der Waals surface area contributed by atoms with E-state index in [4.69, 9.17) is 17.0 Å². The zero-order chi connectivity index (χ0) is 18.2. The fourth-order valence-electron chi connectivity index (χ4n) is 3.07. The standard InChI is InChI=1S/C19H32N4OS/c1-15-12-23(13-16(2)24-15)14-18-7-5-17(6-8-18)11-21-19(25)20-9-10-22(3)4/h5-8,15-16H,9-14H2,1-4H3,(H2,20,21,25)/t15-,16+. The first-order valence-electron chi connectivity index (χ1n) is 9.04. The second-order valence-electron chi connectivity index (χ2n) is 7.18. The third kappa shape index (κ3) is 7.69. The largest absolute Gasteiger partial charge is 0.373 e. The molecule has 6 heteroatoms. The molecule has 2 N–H and O–H groups in total. The van der Waals surface area contributed by atoms with Crippen LogP contribution in [0.15, 0.2) is 24.3 Å². The van der Waals surface area contributed by atoms with Crippen LogP contribution in [0.2, 0.25) is 0 Å². The molecular formula is C19H32N4OS. The second-order valence-corrected chi connectivity index (χ2v) is 7.59. The van der Waals surface area contributed by atoms with Gasteiger partial charge in [-0.15, -0.1) is 0 Å². The molecule has 140 valence electrons. The molecule has 0 unspecified atom stereocenters. The lowest BCUT2D eigenvalue weighted by molar-refractivity contribution is -0.0704. The molecule has 0 spiro atoms. The normalized spacial score (nSPS) is 21.3. The van der Waals surface area contributed by atoms with Crippen LogP contribution >= 0.6 is 12.2 Å². The van der Waals surface area contributed by atoms with E-state index in [2.05, 4.69) is 72.6 Å². The summed E-state index contributed by atoms with van der Waals surface area (Å²) in [6.07, 6.45) is 0.626. The summed E-state index contributed by atoms with van der Waals surface area (Å²) in [6, 6.07) is 8.78. The Morgan fingerprint density at radius 1 is 1.12 bits per heavy atom. The fourth-order valence-corrected chi connectivity index (χ4v) is 3.25. The van der Waals surface area contributed by atoms with Crippen LogP contribution in [-0.4, -0.2) is 67.4 Å². The predicted octanol–water partition coefficient (Wildman–Crippen LogP) is 1.82. The number of morpholine rings is 1. The van der Waals surface area contributed by atoms with Crippen molar-refractivity contribution < 1.29 is 4.74 Å². The number of ether oxygens (including phenoxy) is 1. The minimum absolute atomic E-state index is 0.313. The number of nitrogens with one attached hydrogen (secondary N) is 2. The molecule has 25 heavy (non-hydrogen) atoms. The van der Waals surface area contributed by atoms with Gasteiger partial charge in [0.05, 0.1) is 12.2 Å². The maximum atomic E-state index is 5.80. The van der Waals surface area contributed by atoms with Gasteiger partial charge in [0.15, 0.2) is 5.11 Å². The molecule has 0 saturated carbocycles. The molecular weight excluding hydrogens is 332 g/mol. The van der Waals surface area contributed by atoms with Crippen molar-refractivity contribution in [3.63, 3.8) is 0 Å². The third-order valence-corrected chi connectivity index (χ3v) is 4.51. The lowest BCUT2D eigenvalue weighted by Gasteiger charge is -2.35. The number of hydrogen-bond donors (Lipinski definition) is 2. The van der Waals surface area contributed by atoms with Crippen molar-refractivity contribution in [3.8, 4) is 0 Å². The fraction of sp³-hybridized carbons (Fsp3) is 0.632. The molecule has 0 radical (unpaired) electrons. The lowest BCUT2D eigenvalue weighted by Crippen LogP contribution is -2.44. The highest BCUT2D eigenvalue weighted by molar-refractivity contribution is 7.80. The Bertz CT molecular complexity index is 525. The SMILES string of the molecule is C[C@@H]1CN(Cc2ccc(CNC(=S)NCCN(C)C)cc2)C[C@H](C)O1. The highest BCUT2D eigenvalue weighted by atomic mass is 32.1. The van der Waals surface area contributed by atoms with Crippen LogP contribution in [0.3, 0.4) is 0 Å². The lowest BCUT2D eigenvalue weighted by atomic mass is 10.1. The Labute approximate surface area is 157 Å². The summed E-state index contributed by atoms with van der Waals surface area (Å²) in [5, 5.41) is 7.19. The summed E-state index contributed by atoms with van der Waals surface area (Å²) < 4.78 is 5.80. The first-order chi connectivity index (χ1) is 11.9. The number of benzene rings is 1. The van der Waals surface area contributed by atoms with Gasteiger partial charge in [0.1, 0.15) is 0 Å². The van der Waals surface area contributed by atoms with Gasteiger partial charge >= 0.3 is 0 Å².